The highest BCUT2D eigenvalue weighted by molar-refractivity contribution is 5.97. The molecular formula is C23H20N2. The Kier molecular flexibility index (Phi) is 4.17. The number of benzene rings is 3. The van der Waals surface area contributed by atoms with Gasteiger partial charge in [0.15, 0.2) is 0 Å². The highest BCUT2D eigenvalue weighted by Gasteiger charge is 2.11. The summed E-state index contributed by atoms with van der Waals surface area (Å²) in [5.41, 5.74) is 5.65. The number of hydrogen-bond donors (Lipinski definition) is 1. The van der Waals surface area contributed by atoms with E-state index in [0.29, 0.717) is 0 Å². The number of aryl methyl sites for hydroxylation is 1. The molecule has 1 heterocycles. The van der Waals surface area contributed by atoms with Crippen LogP contribution in [0.15, 0.2) is 84.9 Å². The minimum atomic E-state index is 0.764. The number of nitrogens with zero attached hydrogens (tertiary/aromatic N) is 1. The van der Waals surface area contributed by atoms with E-state index in [9.17, 15) is 0 Å². The van der Waals surface area contributed by atoms with Crippen molar-refractivity contribution in [1.82, 2.24) is 4.98 Å². The fourth-order valence-corrected chi connectivity index (χ4v) is 3.20. The lowest BCUT2D eigenvalue weighted by atomic mass is 9.96. The zero-order valence-corrected chi connectivity index (χ0v) is 14.2. The van der Waals surface area contributed by atoms with Gasteiger partial charge < -0.3 is 5.32 Å². The average Bonchev–Trinajstić information content (AvgIpc) is 2.66. The Morgan fingerprint density at radius 1 is 0.760 bits per heavy atom. The first-order valence-corrected chi connectivity index (χ1v) is 8.55. The molecule has 25 heavy (non-hydrogen) atoms. The summed E-state index contributed by atoms with van der Waals surface area (Å²) in [6.07, 6.45) is 0. The Morgan fingerprint density at radius 3 is 2.40 bits per heavy atom. The van der Waals surface area contributed by atoms with E-state index in [4.69, 9.17) is 4.98 Å². The highest BCUT2D eigenvalue weighted by Crippen LogP contribution is 2.31. The average molecular weight is 324 g/mol. The first-order valence-electron chi connectivity index (χ1n) is 8.55. The number of rotatable bonds is 4. The SMILES string of the molecule is Cc1cccc(-c2c(CNc3ccccc3)ccc3ccccc23)n1. The molecule has 2 heteroatoms. The lowest BCUT2D eigenvalue weighted by molar-refractivity contribution is 1.14. The van der Waals surface area contributed by atoms with Crippen LogP contribution in [0.25, 0.3) is 22.0 Å². The zero-order valence-electron chi connectivity index (χ0n) is 14.2. The Morgan fingerprint density at radius 2 is 1.56 bits per heavy atom. The van der Waals surface area contributed by atoms with E-state index in [1.165, 1.54) is 21.9 Å². The maximum Gasteiger partial charge on any atom is 0.0714 e. The summed E-state index contributed by atoms with van der Waals surface area (Å²) in [6.45, 7) is 2.80. The summed E-state index contributed by atoms with van der Waals surface area (Å²) in [4.78, 5) is 4.78. The molecule has 4 aromatic rings. The molecule has 0 radical (unpaired) electrons. The minimum Gasteiger partial charge on any atom is -0.381 e. The maximum absolute atomic E-state index is 4.78. The fourth-order valence-electron chi connectivity index (χ4n) is 3.20. The molecule has 1 N–H and O–H groups in total. The number of nitrogens with one attached hydrogen (secondary N) is 1. The Bertz CT molecular complexity index is 1010. The van der Waals surface area contributed by atoms with Crippen molar-refractivity contribution in [1.29, 1.82) is 0 Å². The van der Waals surface area contributed by atoms with E-state index in [1.54, 1.807) is 0 Å². The Labute approximate surface area is 148 Å². The predicted octanol–water partition coefficient (Wildman–Crippen LogP) is 5.82. The lowest BCUT2D eigenvalue weighted by Gasteiger charge is -2.15. The van der Waals surface area contributed by atoms with Gasteiger partial charge in [0, 0.05) is 23.5 Å². The summed E-state index contributed by atoms with van der Waals surface area (Å²) in [5.74, 6) is 0. The first-order chi connectivity index (χ1) is 12.3. The molecule has 0 aliphatic heterocycles. The van der Waals surface area contributed by atoms with Crippen molar-refractivity contribution in [3.8, 4) is 11.3 Å². The molecular weight excluding hydrogens is 304 g/mol. The third-order valence-corrected chi connectivity index (χ3v) is 4.42. The standard InChI is InChI=1S/C23H20N2/c1-17-8-7-13-22(25-17)23-19(16-24-20-10-3-2-4-11-20)15-14-18-9-5-6-12-21(18)23/h2-15,24H,16H2,1H3. The Balaban J connectivity index is 1.82. The summed E-state index contributed by atoms with van der Waals surface area (Å²) < 4.78 is 0. The third kappa shape index (κ3) is 3.24. The second-order valence-electron chi connectivity index (χ2n) is 6.20. The van der Waals surface area contributed by atoms with Gasteiger partial charge in [0.1, 0.15) is 0 Å². The number of aromatic nitrogens is 1. The normalized spacial score (nSPS) is 10.8. The van der Waals surface area contributed by atoms with Gasteiger partial charge in [-0.3, -0.25) is 4.98 Å². The quantitative estimate of drug-likeness (QED) is 0.511. The van der Waals surface area contributed by atoms with Crippen LogP contribution in [0, 0.1) is 6.92 Å². The van der Waals surface area contributed by atoms with Gasteiger partial charge in [-0.15, -0.1) is 0 Å². The summed E-state index contributed by atoms with van der Waals surface area (Å²) in [7, 11) is 0. The van der Waals surface area contributed by atoms with Crippen molar-refractivity contribution in [2.75, 3.05) is 5.32 Å². The van der Waals surface area contributed by atoms with E-state index in [2.05, 4.69) is 66.0 Å². The predicted molar refractivity (Wildman–Crippen MR) is 106 cm³/mol. The van der Waals surface area contributed by atoms with Gasteiger partial charge in [-0.25, -0.2) is 0 Å². The van der Waals surface area contributed by atoms with Crippen molar-refractivity contribution >= 4 is 16.5 Å². The van der Waals surface area contributed by atoms with Crippen LogP contribution in [0.4, 0.5) is 5.69 Å². The van der Waals surface area contributed by atoms with Crippen molar-refractivity contribution in [2.24, 2.45) is 0 Å². The molecule has 0 saturated carbocycles. The topological polar surface area (TPSA) is 24.9 Å². The number of para-hydroxylation sites is 1. The number of fused-ring (bicyclic) bond motifs is 1. The van der Waals surface area contributed by atoms with Crippen LogP contribution in [-0.2, 0) is 6.54 Å². The maximum atomic E-state index is 4.78. The van der Waals surface area contributed by atoms with E-state index >= 15 is 0 Å². The molecule has 0 amide bonds. The zero-order chi connectivity index (χ0) is 17.1. The molecule has 3 aromatic carbocycles. The van der Waals surface area contributed by atoms with Gasteiger partial charge in [-0.1, -0.05) is 60.7 Å². The van der Waals surface area contributed by atoms with Crippen molar-refractivity contribution in [3.63, 3.8) is 0 Å². The molecule has 0 bridgehead atoms. The van der Waals surface area contributed by atoms with E-state index < -0.39 is 0 Å². The Hall–Kier alpha value is -3.13. The molecule has 0 spiro atoms. The van der Waals surface area contributed by atoms with Crippen LogP contribution in [-0.4, -0.2) is 4.98 Å². The van der Waals surface area contributed by atoms with Crippen LogP contribution in [0.3, 0.4) is 0 Å². The van der Waals surface area contributed by atoms with E-state index in [1.807, 2.05) is 31.2 Å². The van der Waals surface area contributed by atoms with Gasteiger partial charge >= 0.3 is 0 Å². The lowest BCUT2D eigenvalue weighted by Crippen LogP contribution is -2.02. The van der Waals surface area contributed by atoms with Gasteiger partial charge in [0.25, 0.3) is 0 Å². The third-order valence-electron chi connectivity index (χ3n) is 4.42. The molecule has 2 nitrogen and oxygen atoms in total. The van der Waals surface area contributed by atoms with Gasteiger partial charge in [-0.2, -0.15) is 0 Å². The second kappa shape index (κ2) is 6.78. The van der Waals surface area contributed by atoms with E-state index in [-0.39, 0.29) is 0 Å². The summed E-state index contributed by atoms with van der Waals surface area (Å²) in [6, 6.07) is 29.4. The van der Waals surface area contributed by atoms with Crippen LogP contribution in [0.1, 0.15) is 11.3 Å². The van der Waals surface area contributed by atoms with Crippen LogP contribution in [0.2, 0.25) is 0 Å². The van der Waals surface area contributed by atoms with Crippen molar-refractivity contribution in [2.45, 2.75) is 13.5 Å². The molecule has 4 rings (SSSR count). The number of pyridine rings is 1. The second-order valence-corrected chi connectivity index (χ2v) is 6.20. The minimum absolute atomic E-state index is 0.764. The highest BCUT2D eigenvalue weighted by atomic mass is 14.9. The largest absolute Gasteiger partial charge is 0.381 e. The number of hydrogen-bond acceptors (Lipinski definition) is 2. The van der Waals surface area contributed by atoms with E-state index in [0.717, 1.165) is 23.6 Å². The first kappa shape index (κ1) is 15.4. The molecule has 0 fully saturated rings. The van der Waals surface area contributed by atoms with Crippen molar-refractivity contribution < 1.29 is 0 Å². The smallest absolute Gasteiger partial charge is 0.0714 e. The van der Waals surface area contributed by atoms with Crippen LogP contribution >= 0.6 is 0 Å². The molecule has 122 valence electrons. The van der Waals surface area contributed by atoms with Gasteiger partial charge in [0.05, 0.1) is 5.69 Å². The molecule has 1 aromatic heterocycles. The van der Waals surface area contributed by atoms with Crippen molar-refractivity contribution in [3.05, 3.63) is 96.2 Å². The molecule has 0 atom stereocenters. The monoisotopic (exact) mass is 324 g/mol. The number of anilines is 1. The molecule has 0 unspecified atom stereocenters. The molecule has 0 aliphatic rings. The van der Waals surface area contributed by atoms with Crippen LogP contribution in [0.5, 0.6) is 0 Å². The van der Waals surface area contributed by atoms with Gasteiger partial charge in [-0.05, 0) is 47.5 Å². The summed E-state index contributed by atoms with van der Waals surface area (Å²) >= 11 is 0. The van der Waals surface area contributed by atoms with Crippen LogP contribution < -0.4 is 5.32 Å². The summed E-state index contributed by atoms with van der Waals surface area (Å²) in [5, 5.41) is 6.01. The fraction of sp³-hybridized carbons (Fsp3) is 0.0870. The van der Waals surface area contributed by atoms with Gasteiger partial charge in [0.2, 0.25) is 0 Å². The molecule has 0 saturated heterocycles. The molecule has 0 aliphatic carbocycles.